The van der Waals surface area contributed by atoms with Crippen LogP contribution in [0.4, 0.5) is 23.0 Å². The van der Waals surface area contributed by atoms with Gasteiger partial charge in [0.25, 0.3) is 0 Å². The van der Waals surface area contributed by atoms with E-state index in [1.54, 1.807) is 24.3 Å². The van der Waals surface area contributed by atoms with Gasteiger partial charge in [-0.05, 0) is 36.6 Å². The zero-order valence-corrected chi connectivity index (χ0v) is 16.5. The van der Waals surface area contributed by atoms with Crippen LogP contribution in [0.5, 0.6) is 0 Å². The first-order valence-corrected chi connectivity index (χ1v) is 9.28. The van der Waals surface area contributed by atoms with Gasteiger partial charge in [-0.15, -0.1) is 0 Å². The topological polar surface area (TPSA) is 93.4 Å². The maximum absolute atomic E-state index is 12.0. The van der Waals surface area contributed by atoms with E-state index in [-0.39, 0.29) is 5.97 Å². The second-order valence-electron chi connectivity index (χ2n) is 6.93. The van der Waals surface area contributed by atoms with E-state index in [9.17, 15) is 4.79 Å². The summed E-state index contributed by atoms with van der Waals surface area (Å²) in [6, 6.07) is 7.04. The lowest BCUT2D eigenvalue weighted by Gasteiger charge is -2.20. The quantitative estimate of drug-likeness (QED) is 0.647. The molecule has 7 nitrogen and oxygen atoms in total. The highest BCUT2D eigenvalue weighted by atomic mass is 16.5. The number of unbranched alkanes of at least 4 members (excludes halogenated alkanes) is 1. The van der Waals surface area contributed by atoms with E-state index in [0.717, 1.165) is 25.1 Å². The van der Waals surface area contributed by atoms with Gasteiger partial charge >= 0.3 is 5.97 Å². The predicted molar refractivity (Wildman–Crippen MR) is 109 cm³/mol. The number of esters is 1. The zero-order chi connectivity index (χ0) is 19.8. The number of carbonyl (C=O) groups excluding carboxylic acids is 1. The van der Waals surface area contributed by atoms with Gasteiger partial charge in [-0.2, -0.15) is 0 Å². The molecule has 0 radical (unpaired) electrons. The molecule has 1 aromatic heterocycles. The van der Waals surface area contributed by atoms with Crippen LogP contribution < -0.4 is 16.0 Å². The highest BCUT2D eigenvalue weighted by molar-refractivity contribution is 5.90. The van der Waals surface area contributed by atoms with Gasteiger partial charge in [0.1, 0.15) is 12.0 Å². The minimum Gasteiger partial charge on any atom is -0.462 e. The summed E-state index contributed by atoms with van der Waals surface area (Å²) < 4.78 is 5.24. The summed E-state index contributed by atoms with van der Waals surface area (Å²) in [5.74, 6) is 1.23. The fourth-order valence-electron chi connectivity index (χ4n) is 2.44. The molecule has 0 saturated heterocycles. The first-order valence-electron chi connectivity index (χ1n) is 9.28. The number of nitrogens with one attached hydrogen (secondary N) is 1. The normalized spacial score (nSPS) is 10.7. The van der Waals surface area contributed by atoms with Crippen molar-refractivity contribution < 1.29 is 9.53 Å². The fourth-order valence-corrected chi connectivity index (χ4v) is 2.44. The first kappa shape index (κ1) is 20.5. The van der Waals surface area contributed by atoms with Gasteiger partial charge in [0, 0.05) is 19.3 Å². The molecule has 2 aromatic rings. The van der Waals surface area contributed by atoms with Gasteiger partial charge in [-0.1, -0.05) is 27.2 Å². The van der Waals surface area contributed by atoms with Gasteiger partial charge < -0.3 is 20.7 Å². The molecule has 0 spiro atoms. The third-order valence-electron chi connectivity index (χ3n) is 4.00. The molecule has 27 heavy (non-hydrogen) atoms. The Bertz CT molecular complexity index is 747. The van der Waals surface area contributed by atoms with E-state index in [1.165, 1.54) is 6.33 Å². The first-order chi connectivity index (χ1) is 12.9. The molecule has 0 unspecified atom stereocenters. The van der Waals surface area contributed by atoms with Gasteiger partial charge in [0.2, 0.25) is 0 Å². The Balaban J connectivity index is 2.08. The third kappa shape index (κ3) is 5.84. The van der Waals surface area contributed by atoms with Gasteiger partial charge in [0.05, 0.1) is 12.2 Å². The van der Waals surface area contributed by atoms with Crippen LogP contribution >= 0.6 is 0 Å². The summed E-state index contributed by atoms with van der Waals surface area (Å²) in [4.78, 5) is 22.5. The van der Waals surface area contributed by atoms with Crippen LogP contribution in [0.1, 0.15) is 44.0 Å². The van der Waals surface area contributed by atoms with Crippen LogP contribution in [0.15, 0.2) is 30.6 Å². The Morgan fingerprint density at radius 3 is 2.59 bits per heavy atom. The van der Waals surface area contributed by atoms with Crippen molar-refractivity contribution in [2.24, 2.45) is 5.92 Å². The second-order valence-corrected chi connectivity index (χ2v) is 6.93. The molecule has 0 amide bonds. The molecule has 146 valence electrons. The van der Waals surface area contributed by atoms with Crippen molar-refractivity contribution in [3.05, 3.63) is 36.2 Å². The van der Waals surface area contributed by atoms with Crippen molar-refractivity contribution >= 4 is 29.0 Å². The molecule has 0 fully saturated rings. The maximum Gasteiger partial charge on any atom is 0.338 e. The predicted octanol–water partition coefficient (Wildman–Crippen LogP) is 3.85. The molecule has 0 saturated carbocycles. The number of anilines is 4. The summed E-state index contributed by atoms with van der Waals surface area (Å²) in [6.45, 7) is 7.43. The second kappa shape index (κ2) is 9.75. The van der Waals surface area contributed by atoms with E-state index in [4.69, 9.17) is 10.5 Å². The molecule has 2 rings (SSSR count). The molecule has 3 N–H and O–H groups in total. The van der Waals surface area contributed by atoms with Gasteiger partial charge in [0.15, 0.2) is 11.6 Å². The number of rotatable bonds is 9. The lowest BCUT2D eigenvalue weighted by Crippen LogP contribution is -2.21. The number of carbonyl (C=O) groups is 1. The molecular weight excluding hydrogens is 342 g/mol. The van der Waals surface area contributed by atoms with Crippen molar-refractivity contribution in [2.45, 2.75) is 33.6 Å². The van der Waals surface area contributed by atoms with Gasteiger partial charge in [-0.3, -0.25) is 0 Å². The fraction of sp³-hybridized carbons (Fsp3) is 0.450. The van der Waals surface area contributed by atoms with E-state index >= 15 is 0 Å². The Hall–Kier alpha value is -2.83. The largest absolute Gasteiger partial charge is 0.462 e. The molecule has 0 aliphatic carbocycles. The van der Waals surface area contributed by atoms with Crippen LogP contribution in [0.25, 0.3) is 0 Å². The Morgan fingerprint density at radius 2 is 1.96 bits per heavy atom. The van der Waals surface area contributed by atoms with Crippen molar-refractivity contribution in [3.63, 3.8) is 0 Å². The Morgan fingerprint density at radius 1 is 1.26 bits per heavy atom. The smallest absolute Gasteiger partial charge is 0.338 e. The molecule has 0 bridgehead atoms. The number of nitrogens with two attached hydrogens (primary N) is 1. The van der Waals surface area contributed by atoms with E-state index in [1.807, 2.05) is 25.8 Å². The van der Waals surface area contributed by atoms with E-state index in [2.05, 4.69) is 22.2 Å². The number of benzene rings is 1. The summed E-state index contributed by atoms with van der Waals surface area (Å²) in [5, 5.41) is 3.19. The summed E-state index contributed by atoms with van der Waals surface area (Å²) in [5.41, 5.74) is 8.03. The Labute approximate surface area is 161 Å². The minimum atomic E-state index is -0.323. The highest BCUT2D eigenvalue weighted by Crippen LogP contribution is 2.28. The standard InChI is InChI=1S/C20H29N5O2/c1-5-6-11-25(4)19-17(21)18(22-13-23-19)24-16-9-7-15(8-10-16)20(26)27-12-14(2)3/h7-10,13-14H,5-6,11-12,21H2,1-4H3,(H,22,23,24). The van der Waals surface area contributed by atoms with Crippen LogP contribution in [0.2, 0.25) is 0 Å². The third-order valence-corrected chi connectivity index (χ3v) is 4.00. The molecule has 0 aliphatic heterocycles. The maximum atomic E-state index is 12.0. The number of nitrogens with zero attached hydrogens (tertiary/aromatic N) is 3. The number of hydrogen-bond donors (Lipinski definition) is 2. The van der Waals surface area contributed by atoms with Crippen LogP contribution in [-0.4, -0.2) is 36.1 Å². The average molecular weight is 371 g/mol. The van der Waals surface area contributed by atoms with Gasteiger partial charge in [-0.25, -0.2) is 14.8 Å². The van der Waals surface area contributed by atoms with Crippen molar-refractivity contribution in [1.82, 2.24) is 9.97 Å². The Kier molecular flexibility index (Phi) is 7.40. The summed E-state index contributed by atoms with van der Waals surface area (Å²) >= 11 is 0. The zero-order valence-electron chi connectivity index (χ0n) is 16.5. The van der Waals surface area contributed by atoms with Crippen molar-refractivity contribution in [1.29, 1.82) is 0 Å². The van der Waals surface area contributed by atoms with Crippen LogP contribution in [-0.2, 0) is 4.74 Å². The molecular formula is C20H29N5O2. The molecule has 0 aliphatic rings. The van der Waals surface area contributed by atoms with Crippen molar-refractivity contribution in [3.8, 4) is 0 Å². The highest BCUT2D eigenvalue weighted by Gasteiger charge is 2.13. The summed E-state index contributed by atoms with van der Waals surface area (Å²) in [7, 11) is 1.97. The molecule has 1 heterocycles. The minimum absolute atomic E-state index is 0.306. The van der Waals surface area contributed by atoms with Crippen LogP contribution in [0.3, 0.4) is 0 Å². The monoisotopic (exact) mass is 371 g/mol. The molecule has 7 heteroatoms. The number of aromatic nitrogens is 2. The number of ether oxygens (including phenoxy) is 1. The molecule has 1 aromatic carbocycles. The van der Waals surface area contributed by atoms with Crippen LogP contribution in [0, 0.1) is 5.92 Å². The van der Waals surface area contributed by atoms with Crippen molar-refractivity contribution in [2.75, 3.05) is 36.1 Å². The van der Waals surface area contributed by atoms with E-state index in [0.29, 0.717) is 35.4 Å². The average Bonchev–Trinajstić information content (AvgIpc) is 2.66. The lowest BCUT2D eigenvalue weighted by atomic mass is 10.2. The lowest BCUT2D eigenvalue weighted by molar-refractivity contribution is 0.0459. The SMILES string of the molecule is CCCCN(C)c1ncnc(Nc2ccc(C(=O)OCC(C)C)cc2)c1N. The van der Waals surface area contributed by atoms with E-state index < -0.39 is 0 Å². The number of hydrogen-bond acceptors (Lipinski definition) is 7. The molecule has 0 atom stereocenters. The number of nitrogen functional groups attached to an aromatic ring is 1. The summed E-state index contributed by atoms with van der Waals surface area (Å²) in [6.07, 6.45) is 3.66.